The van der Waals surface area contributed by atoms with E-state index in [1.165, 1.54) is 36.9 Å². The lowest BCUT2D eigenvalue weighted by atomic mass is 10.00. The van der Waals surface area contributed by atoms with Crippen molar-refractivity contribution in [2.75, 3.05) is 20.1 Å². The molecular formula is C18H32N2. The summed E-state index contributed by atoms with van der Waals surface area (Å²) >= 11 is 0. The third kappa shape index (κ3) is 4.92. The van der Waals surface area contributed by atoms with Crippen molar-refractivity contribution in [3.63, 3.8) is 0 Å². The van der Waals surface area contributed by atoms with Crippen LogP contribution in [-0.4, -0.2) is 31.1 Å². The minimum Gasteiger partial charge on any atom is -0.312 e. The normalized spacial score (nSPS) is 14.5. The zero-order chi connectivity index (χ0) is 15.0. The molecule has 114 valence electrons. The molecule has 0 aliphatic heterocycles. The van der Waals surface area contributed by atoms with Crippen LogP contribution in [0, 0.1) is 6.92 Å². The van der Waals surface area contributed by atoms with Crippen molar-refractivity contribution in [1.82, 2.24) is 10.2 Å². The van der Waals surface area contributed by atoms with E-state index >= 15 is 0 Å². The Morgan fingerprint density at radius 3 is 2.45 bits per heavy atom. The van der Waals surface area contributed by atoms with Crippen LogP contribution < -0.4 is 5.32 Å². The van der Waals surface area contributed by atoms with Gasteiger partial charge in [-0.3, -0.25) is 4.90 Å². The number of rotatable bonds is 9. The van der Waals surface area contributed by atoms with E-state index in [1.54, 1.807) is 0 Å². The Morgan fingerprint density at radius 2 is 1.90 bits per heavy atom. The fourth-order valence-corrected chi connectivity index (χ4v) is 2.67. The highest BCUT2D eigenvalue weighted by molar-refractivity contribution is 5.29. The minimum atomic E-state index is 0.419. The summed E-state index contributed by atoms with van der Waals surface area (Å²) in [6.45, 7) is 11.4. The van der Waals surface area contributed by atoms with Gasteiger partial charge in [0.1, 0.15) is 0 Å². The number of aryl methyl sites for hydroxylation is 1. The summed E-state index contributed by atoms with van der Waals surface area (Å²) in [5.41, 5.74) is 2.81. The molecule has 2 heteroatoms. The van der Waals surface area contributed by atoms with E-state index in [2.05, 4.69) is 69.2 Å². The molecule has 0 fully saturated rings. The predicted octanol–water partition coefficient (Wildman–Crippen LogP) is 4.16. The van der Waals surface area contributed by atoms with Crippen molar-refractivity contribution in [3.05, 3.63) is 35.4 Å². The summed E-state index contributed by atoms with van der Waals surface area (Å²) in [5, 5.41) is 3.50. The van der Waals surface area contributed by atoms with E-state index in [4.69, 9.17) is 0 Å². The van der Waals surface area contributed by atoms with Gasteiger partial charge in [-0.2, -0.15) is 0 Å². The van der Waals surface area contributed by atoms with Gasteiger partial charge in [0, 0.05) is 18.6 Å². The molecule has 0 spiro atoms. The van der Waals surface area contributed by atoms with E-state index in [9.17, 15) is 0 Å². The first-order chi connectivity index (χ1) is 9.63. The number of unbranched alkanes of at least 4 members (excludes halogenated alkanes) is 1. The molecule has 1 aromatic carbocycles. The molecule has 2 unspecified atom stereocenters. The largest absolute Gasteiger partial charge is 0.312 e. The molecule has 0 heterocycles. The number of likely N-dealkylation sites (N-methyl/N-ethyl adjacent to an activating group) is 1. The molecule has 0 bridgehead atoms. The molecule has 0 amide bonds. The number of hydrogen-bond donors (Lipinski definition) is 1. The first-order valence-electron chi connectivity index (χ1n) is 8.10. The maximum atomic E-state index is 3.50. The Morgan fingerprint density at radius 1 is 1.20 bits per heavy atom. The molecule has 0 aliphatic carbocycles. The van der Waals surface area contributed by atoms with E-state index in [0.29, 0.717) is 12.1 Å². The van der Waals surface area contributed by atoms with Crippen LogP contribution in [0.4, 0.5) is 0 Å². The Hall–Kier alpha value is -0.860. The summed E-state index contributed by atoms with van der Waals surface area (Å²) in [4.78, 5) is 2.64. The van der Waals surface area contributed by atoms with Crippen LogP contribution in [0.5, 0.6) is 0 Å². The van der Waals surface area contributed by atoms with Gasteiger partial charge < -0.3 is 5.32 Å². The molecule has 1 rings (SSSR count). The molecule has 2 nitrogen and oxygen atoms in total. The van der Waals surface area contributed by atoms with E-state index in [1.807, 2.05) is 0 Å². The second-order valence-electron chi connectivity index (χ2n) is 5.80. The fraction of sp³-hybridized carbons (Fsp3) is 0.667. The van der Waals surface area contributed by atoms with Crippen LogP contribution in [-0.2, 0) is 0 Å². The highest BCUT2D eigenvalue weighted by atomic mass is 15.2. The Balaban J connectivity index is 2.80. The molecule has 1 aromatic rings. The van der Waals surface area contributed by atoms with Crippen LogP contribution in [0.15, 0.2) is 24.3 Å². The first kappa shape index (κ1) is 17.2. The summed E-state index contributed by atoms with van der Waals surface area (Å²) in [6.07, 6.45) is 3.77. The van der Waals surface area contributed by atoms with Gasteiger partial charge in [-0.15, -0.1) is 0 Å². The van der Waals surface area contributed by atoms with Gasteiger partial charge in [-0.25, -0.2) is 0 Å². The molecule has 0 aliphatic rings. The smallest absolute Gasteiger partial charge is 0.0449 e. The molecule has 0 saturated carbocycles. The van der Waals surface area contributed by atoms with Gasteiger partial charge in [0.15, 0.2) is 0 Å². The van der Waals surface area contributed by atoms with Crippen LogP contribution in [0.2, 0.25) is 0 Å². The molecule has 2 atom stereocenters. The van der Waals surface area contributed by atoms with Crippen LogP contribution >= 0.6 is 0 Å². The Labute approximate surface area is 125 Å². The van der Waals surface area contributed by atoms with E-state index in [0.717, 1.165) is 6.54 Å². The van der Waals surface area contributed by atoms with E-state index in [-0.39, 0.29) is 0 Å². The second-order valence-corrected chi connectivity index (χ2v) is 5.80. The summed E-state index contributed by atoms with van der Waals surface area (Å²) in [6, 6.07) is 9.80. The lowest BCUT2D eigenvalue weighted by Gasteiger charge is -2.32. The standard InChI is InChI=1S/C18H32N2/c1-6-8-13-20(16(4)7-2)14-18(19-5)17-12-10-9-11-15(17)3/h9-12,16,18-19H,6-8,13-14H2,1-5H3. The van der Waals surface area contributed by atoms with Gasteiger partial charge in [-0.1, -0.05) is 44.5 Å². The molecular weight excluding hydrogens is 244 g/mol. The van der Waals surface area contributed by atoms with Crippen LogP contribution in [0.25, 0.3) is 0 Å². The maximum Gasteiger partial charge on any atom is 0.0449 e. The highest BCUT2D eigenvalue weighted by Gasteiger charge is 2.18. The number of benzene rings is 1. The van der Waals surface area contributed by atoms with Crippen molar-refractivity contribution in [1.29, 1.82) is 0 Å². The van der Waals surface area contributed by atoms with Gasteiger partial charge in [0.2, 0.25) is 0 Å². The van der Waals surface area contributed by atoms with E-state index < -0.39 is 0 Å². The van der Waals surface area contributed by atoms with Crippen LogP contribution in [0.1, 0.15) is 57.2 Å². The molecule has 0 radical (unpaired) electrons. The van der Waals surface area contributed by atoms with Crippen molar-refractivity contribution in [2.45, 2.75) is 59.0 Å². The zero-order valence-corrected chi connectivity index (χ0v) is 13.9. The third-order valence-corrected chi connectivity index (χ3v) is 4.34. The Kier molecular flexibility index (Phi) is 7.86. The van der Waals surface area contributed by atoms with Gasteiger partial charge in [0.25, 0.3) is 0 Å². The summed E-state index contributed by atoms with van der Waals surface area (Å²) in [7, 11) is 2.08. The fourth-order valence-electron chi connectivity index (χ4n) is 2.67. The maximum absolute atomic E-state index is 3.50. The topological polar surface area (TPSA) is 15.3 Å². The van der Waals surface area contributed by atoms with Crippen molar-refractivity contribution >= 4 is 0 Å². The summed E-state index contributed by atoms with van der Waals surface area (Å²) < 4.78 is 0. The molecule has 0 saturated heterocycles. The lowest BCUT2D eigenvalue weighted by molar-refractivity contribution is 0.181. The second kappa shape index (κ2) is 9.15. The third-order valence-electron chi connectivity index (χ3n) is 4.34. The van der Waals surface area contributed by atoms with Crippen molar-refractivity contribution < 1.29 is 0 Å². The molecule has 20 heavy (non-hydrogen) atoms. The monoisotopic (exact) mass is 276 g/mol. The predicted molar refractivity (Wildman–Crippen MR) is 89.2 cm³/mol. The molecule has 1 N–H and O–H groups in total. The van der Waals surface area contributed by atoms with Crippen LogP contribution in [0.3, 0.4) is 0 Å². The summed E-state index contributed by atoms with van der Waals surface area (Å²) in [5.74, 6) is 0. The number of nitrogens with one attached hydrogen (secondary N) is 1. The average molecular weight is 276 g/mol. The number of nitrogens with zero attached hydrogens (tertiary/aromatic N) is 1. The van der Waals surface area contributed by atoms with Gasteiger partial charge >= 0.3 is 0 Å². The molecule has 0 aromatic heterocycles. The SMILES string of the molecule is CCCCN(CC(NC)c1ccccc1C)C(C)CC. The van der Waals surface area contributed by atoms with Crippen molar-refractivity contribution in [3.8, 4) is 0 Å². The van der Waals surface area contributed by atoms with Gasteiger partial charge in [-0.05, 0) is 51.4 Å². The minimum absolute atomic E-state index is 0.419. The first-order valence-corrected chi connectivity index (χ1v) is 8.10. The number of hydrogen-bond acceptors (Lipinski definition) is 2. The van der Waals surface area contributed by atoms with Crippen molar-refractivity contribution in [2.24, 2.45) is 0 Å². The quantitative estimate of drug-likeness (QED) is 0.728. The zero-order valence-electron chi connectivity index (χ0n) is 13.9. The average Bonchev–Trinajstić information content (AvgIpc) is 2.48. The lowest BCUT2D eigenvalue weighted by Crippen LogP contribution is -2.40. The van der Waals surface area contributed by atoms with Gasteiger partial charge in [0.05, 0.1) is 0 Å². The Bertz CT molecular complexity index is 375. The highest BCUT2D eigenvalue weighted by Crippen LogP contribution is 2.20.